The molecule has 0 aliphatic carbocycles. The van der Waals surface area contributed by atoms with Crippen LogP contribution in [0.2, 0.25) is 0 Å². The first-order chi connectivity index (χ1) is 13.1. The minimum absolute atomic E-state index is 0.0676. The van der Waals surface area contributed by atoms with E-state index in [1.54, 1.807) is 12.4 Å². The van der Waals surface area contributed by atoms with Crippen LogP contribution in [0, 0.1) is 13.8 Å². The number of carbonyl (C=O) groups excluding carboxylic acids is 1. The zero-order valence-corrected chi connectivity index (χ0v) is 15.4. The van der Waals surface area contributed by atoms with Crippen LogP contribution < -0.4 is 10.2 Å². The Hall–Kier alpha value is -3.28. The zero-order chi connectivity index (χ0) is 18.8. The molecular weight excluding hydrogens is 338 g/mol. The lowest BCUT2D eigenvalue weighted by molar-refractivity contribution is -0.117. The van der Waals surface area contributed by atoms with E-state index in [2.05, 4.69) is 20.3 Å². The minimum Gasteiger partial charge on any atom is -0.358 e. The Morgan fingerprint density at radius 3 is 2.67 bits per heavy atom. The van der Waals surface area contributed by atoms with E-state index in [-0.39, 0.29) is 11.9 Å². The summed E-state index contributed by atoms with van der Waals surface area (Å²) in [5.41, 5.74) is 3.81. The average molecular weight is 359 g/mol. The predicted molar refractivity (Wildman–Crippen MR) is 106 cm³/mol. The Bertz CT molecular complexity index is 956. The number of pyridine rings is 1. The zero-order valence-electron chi connectivity index (χ0n) is 15.4. The summed E-state index contributed by atoms with van der Waals surface area (Å²) >= 11 is 0. The van der Waals surface area contributed by atoms with Crippen LogP contribution in [-0.4, -0.2) is 33.4 Å². The normalized spacial score (nSPS) is 16.6. The predicted octanol–water partition coefficient (Wildman–Crippen LogP) is 3.37. The molecule has 3 aromatic rings. The Balaban J connectivity index is 1.54. The highest BCUT2D eigenvalue weighted by molar-refractivity contribution is 6.00. The molecule has 1 saturated heterocycles. The van der Waals surface area contributed by atoms with Crippen molar-refractivity contribution in [3.8, 4) is 11.4 Å². The molecule has 1 aliphatic rings. The van der Waals surface area contributed by atoms with Crippen LogP contribution in [0.1, 0.15) is 17.7 Å². The second-order valence-corrected chi connectivity index (χ2v) is 6.77. The van der Waals surface area contributed by atoms with E-state index in [0.29, 0.717) is 18.2 Å². The van der Waals surface area contributed by atoms with E-state index in [9.17, 15) is 4.79 Å². The molecule has 0 bridgehead atoms. The van der Waals surface area contributed by atoms with Crippen LogP contribution in [0.5, 0.6) is 0 Å². The fraction of sp³-hybridized carbons (Fsp3) is 0.238. The maximum atomic E-state index is 12.8. The Morgan fingerprint density at radius 2 is 1.93 bits per heavy atom. The highest BCUT2D eigenvalue weighted by Gasteiger charge is 2.32. The summed E-state index contributed by atoms with van der Waals surface area (Å²) in [6.45, 7) is 4.65. The van der Waals surface area contributed by atoms with Gasteiger partial charge in [0.25, 0.3) is 0 Å². The smallest absolute Gasteiger partial charge is 0.249 e. The van der Waals surface area contributed by atoms with Crippen molar-refractivity contribution in [2.75, 3.05) is 16.8 Å². The van der Waals surface area contributed by atoms with Crippen molar-refractivity contribution in [1.29, 1.82) is 0 Å². The van der Waals surface area contributed by atoms with Gasteiger partial charge in [-0.15, -0.1) is 0 Å². The van der Waals surface area contributed by atoms with Gasteiger partial charge in [0.2, 0.25) is 5.91 Å². The molecule has 0 saturated carbocycles. The molecule has 1 aromatic carbocycles. The van der Waals surface area contributed by atoms with Crippen molar-refractivity contribution in [2.45, 2.75) is 26.3 Å². The summed E-state index contributed by atoms with van der Waals surface area (Å²) in [6, 6.07) is 13.4. The molecular formula is C21H21N5O. The number of benzene rings is 1. The van der Waals surface area contributed by atoms with Crippen LogP contribution in [0.25, 0.3) is 11.4 Å². The Morgan fingerprint density at radius 1 is 1.11 bits per heavy atom. The molecule has 136 valence electrons. The highest BCUT2D eigenvalue weighted by Crippen LogP contribution is 2.24. The summed E-state index contributed by atoms with van der Waals surface area (Å²) in [4.78, 5) is 27.9. The maximum absolute atomic E-state index is 12.8. The first-order valence-electron chi connectivity index (χ1n) is 9.01. The van der Waals surface area contributed by atoms with Crippen LogP contribution in [0.3, 0.4) is 0 Å². The van der Waals surface area contributed by atoms with Crippen molar-refractivity contribution >= 4 is 17.4 Å². The molecule has 3 heterocycles. The van der Waals surface area contributed by atoms with Gasteiger partial charge in [0.05, 0.1) is 0 Å². The largest absolute Gasteiger partial charge is 0.358 e. The van der Waals surface area contributed by atoms with E-state index in [1.165, 1.54) is 5.56 Å². The van der Waals surface area contributed by atoms with Gasteiger partial charge in [-0.2, -0.15) is 0 Å². The lowest BCUT2D eigenvalue weighted by Gasteiger charge is -2.18. The van der Waals surface area contributed by atoms with Crippen molar-refractivity contribution < 1.29 is 4.79 Å². The number of hydrogen-bond donors (Lipinski definition) is 1. The van der Waals surface area contributed by atoms with Gasteiger partial charge in [0.15, 0.2) is 5.82 Å². The van der Waals surface area contributed by atoms with Crippen molar-refractivity contribution in [1.82, 2.24) is 15.0 Å². The van der Waals surface area contributed by atoms with Gasteiger partial charge in [-0.1, -0.05) is 17.7 Å². The number of nitrogens with one attached hydrogen (secondary N) is 1. The van der Waals surface area contributed by atoms with Gasteiger partial charge in [-0.3, -0.25) is 9.78 Å². The van der Waals surface area contributed by atoms with Gasteiger partial charge in [0, 0.05) is 41.9 Å². The SMILES string of the molecule is Cc1ccc(N2CCC(Nc3cc(C)nc(-c4cccnc4)n3)C2=O)cc1. The molecule has 1 unspecified atom stereocenters. The summed E-state index contributed by atoms with van der Waals surface area (Å²) in [6.07, 6.45) is 4.19. The van der Waals surface area contributed by atoms with Gasteiger partial charge in [0.1, 0.15) is 11.9 Å². The number of anilines is 2. The van der Waals surface area contributed by atoms with Gasteiger partial charge in [-0.25, -0.2) is 9.97 Å². The fourth-order valence-corrected chi connectivity index (χ4v) is 3.24. The average Bonchev–Trinajstić information content (AvgIpc) is 3.03. The van der Waals surface area contributed by atoms with E-state index >= 15 is 0 Å². The lowest BCUT2D eigenvalue weighted by Crippen LogP contribution is -2.33. The lowest BCUT2D eigenvalue weighted by atomic mass is 10.2. The monoisotopic (exact) mass is 359 g/mol. The van der Waals surface area contributed by atoms with Gasteiger partial charge < -0.3 is 10.2 Å². The minimum atomic E-state index is -0.289. The molecule has 1 amide bonds. The van der Waals surface area contributed by atoms with Crippen molar-refractivity contribution in [3.05, 3.63) is 66.1 Å². The molecule has 1 N–H and O–H groups in total. The number of nitrogens with zero attached hydrogens (tertiary/aromatic N) is 4. The fourth-order valence-electron chi connectivity index (χ4n) is 3.24. The third kappa shape index (κ3) is 3.65. The first-order valence-corrected chi connectivity index (χ1v) is 9.01. The first kappa shape index (κ1) is 17.1. The Labute approximate surface area is 158 Å². The van der Waals surface area contributed by atoms with Gasteiger partial charge in [-0.05, 0) is 44.5 Å². The topological polar surface area (TPSA) is 71.0 Å². The molecule has 4 rings (SSSR count). The van der Waals surface area contributed by atoms with E-state index in [4.69, 9.17) is 0 Å². The number of aryl methyl sites for hydroxylation is 2. The molecule has 1 atom stereocenters. The van der Waals surface area contributed by atoms with Crippen LogP contribution >= 0.6 is 0 Å². The quantitative estimate of drug-likeness (QED) is 0.773. The molecule has 6 nitrogen and oxygen atoms in total. The molecule has 0 radical (unpaired) electrons. The summed E-state index contributed by atoms with van der Waals surface area (Å²) in [5.74, 6) is 1.33. The van der Waals surface area contributed by atoms with E-state index in [1.807, 2.05) is 61.2 Å². The highest BCUT2D eigenvalue weighted by atomic mass is 16.2. The molecule has 2 aromatic heterocycles. The van der Waals surface area contributed by atoms with Crippen LogP contribution in [0.15, 0.2) is 54.9 Å². The maximum Gasteiger partial charge on any atom is 0.249 e. The molecule has 1 fully saturated rings. The van der Waals surface area contributed by atoms with Crippen LogP contribution in [0.4, 0.5) is 11.5 Å². The Kier molecular flexibility index (Phi) is 4.54. The molecule has 27 heavy (non-hydrogen) atoms. The van der Waals surface area contributed by atoms with Crippen molar-refractivity contribution in [3.63, 3.8) is 0 Å². The number of carbonyl (C=O) groups is 1. The van der Waals surface area contributed by atoms with E-state index in [0.717, 1.165) is 23.4 Å². The molecule has 1 aliphatic heterocycles. The number of hydrogen-bond acceptors (Lipinski definition) is 5. The second kappa shape index (κ2) is 7.15. The molecule has 6 heteroatoms. The van der Waals surface area contributed by atoms with Crippen molar-refractivity contribution in [2.24, 2.45) is 0 Å². The summed E-state index contributed by atoms with van der Waals surface area (Å²) in [5, 5.41) is 3.29. The number of amides is 1. The summed E-state index contributed by atoms with van der Waals surface area (Å²) in [7, 11) is 0. The third-order valence-electron chi connectivity index (χ3n) is 4.65. The van der Waals surface area contributed by atoms with Crippen LogP contribution in [-0.2, 0) is 4.79 Å². The standard InChI is InChI=1S/C21H21N5O/c1-14-5-7-17(8-6-14)26-11-9-18(21(26)27)24-19-12-15(2)23-20(25-19)16-4-3-10-22-13-16/h3-8,10,12-13,18H,9,11H2,1-2H3,(H,23,24,25). The number of rotatable bonds is 4. The van der Waals surface area contributed by atoms with E-state index < -0.39 is 0 Å². The van der Waals surface area contributed by atoms with Gasteiger partial charge >= 0.3 is 0 Å². The number of aromatic nitrogens is 3. The summed E-state index contributed by atoms with van der Waals surface area (Å²) < 4.78 is 0. The second-order valence-electron chi connectivity index (χ2n) is 6.77. The third-order valence-corrected chi connectivity index (χ3v) is 4.65. The molecule has 0 spiro atoms.